The van der Waals surface area contributed by atoms with Crippen molar-refractivity contribution in [1.29, 1.82) is 0 Å². The summed E-state index contributed by atoms with van der Waals surface area (Å²) >= 11 is 0. The van der Waals surface area contributed by atoms with Gasteiger partial charge in [0.05, 0.1) is 0 Å². The fourth-order valence-electron chi connectivity index (χ4n) is 1.28. The molecule has 84 valence electrons. The predicted molar refractivity (Wildman–Crippen MR) is 60.1 cm³/mol. The van der Waals surface area contributed by atoms with Crippen molar-refractivity contribution in [3.63, 3.8) is 0 Å². The molecule has 14 heavy (non-hydrogen) atoms. The Balaban J connectivity index is 3.10. The Hall–Kier alpha value is -0.570. The molecular formula is C11H24N2O. The van der Waals surface area contributed by atoms with Crippen LogP contribution in [-0.2, 0) is 4.79 Å². The summed E-state index contributed by atoms with van der Waals surface area (Å²) in [4.78, 5) is 11.2. The number of unbranched alkanes of at least 4 members (excludes halogenated alkanes) is 4. The second kappa shape index (κ2) is 10.5. The third kappa shape index (κ3) is 9.52. The zero-order valence-electron chi connectivity index (χ0n) is 9.35. The summed E-state index contributed by atoms with van der Waals surface area (Å²) in [6.07, 6.45) is 7.25. The van der Waals surface area contributed by atoms with Gasteiger partial charge >= 0.3 is 0 Å². The fourth-order valence-corrected chi connectivity index (χ4v) is 1.28. The third-order valence-electron chi connectivity index (χ3n) is 2.21. The first-order valence-corrected chi connectivity index (χ1v) is 5.78. The van der Waals surface area contributed by atoms with Crippen LogP contribution < -0.4 is 11.1 Å². The van der Waals surface area contributed by atoms with Gasteiger partial charge in [-0.05, 0) is 25.8 Å². The maximum Gasteiger partial charge on any atom is 0.219 e. The minimum absolute atomic E-state index is 0.200. The molecule has 1 amide bonds. The molecule has 3 heteroatoms. The molecule has 0 saturated carbocycles. The van der Waals surface area contributed by atoms with Crippen molar-refractivity contribution in [2.24, 2.45) is 5.73 Å². The number of amides is 1. The molecule has 0 aromatic rings. The number of nitrogens with one attached hydrogen (secondary N) is 1. The lowest BCUT2D eigenvalue weighted by atomic mass is 10.1. The largest absolute Gasteiger partial charge is 0.356 e. The molecule has 0 aromatic heterocycles. The second-order valence-corrected chi connectivity index (χ2v) is 3.66. The summed E-state index contributed by atoms with van der Waals surface area (Å²) in [5.74, 6) is 0.200. The molecule has 0 fully saturated rings. The van der Waals surface area contributed by atoms with Crippen LogP contribution >= 0.6 is 0 Å². The molecule has 3 N–H and O–H groups in total. The van der Waals surface area contributed by atoms with Gasteiger partial charge in [-0.15, -0.1) is 0 Å². The molecule has 0 saturated heterocycles. The first kappa shape index (κ1) is 13.4. The van der Waals surface area contributed by atoms with E-state index in [4.69, 9.17) is 5.73 Å². The highest BCUT2D eigenvalue weighted by atomic mass is 16.1. The van der Waals surface area contributed by atoms with Crippen LogP contribution in [0.2, 0.25) is 0 Å². The highest BCUT2D eigenvalue weighted by molar-refractivity contribution is 5.75. The van der Waals surface area contributed by atoms with E-state index in [2.05, 4.69) is 12.2 Å². The molecule has 0 aliphatic carbocycles. The average Bonchev–Trinajstić information content (AvgIpc) is 2.18. The minimum atomic E-state index is 0.200. The summed E-state index contributed by atoms with van der Waals surface area (Å²) in [5.41, 5.74) is 5.37. The lowest BCUT2D eigenvalue weighted by molar-refractivity contribution is -0.121. The van der Waals surface area contributed by atoms with Crippen LogP contribution in [0.15, 0.2) is 0 Å². The zero-order valence-corrected chi connectivity index (χ0v) is 9.35. The van der Waals surface area contributed by atoms with E-state index in [1.807, 2.05) is 0 Å². The lowest BCUT2D eigenvalue weighted by Crippen LogP contribution is -2.23. The lowest BCUT2D eigenvalue weighted by Gasteiger charge is -2.03. The fraction of sp³-hybridized carbons (Fsp3) is 0.909. The number of hydrogen-bond acceptors (Lipinski definition) is 2. The molecule has 0 spiro atoms. The first-order valence-electron chi connectivity index (χ1n) is 5.78. The quantitative estimate of drug-likeness (QED) is 0.558. The van der Waals surface area contributed by atoms with E-state index < -0.39 is 0 Å². The van der Waals surface area contributed by atoms with Crippen LogP contribution in [0.1, 0.15) is 51.9 Å². The van der Waals surface area contributed by atoms with Crippen molar-refractivity contribution in [3.8, 4) is 0 Å². The Bertz CT molecular complexity index is 137. The number of carbonyl (C=O) groups is 1. The van der Waals surface area contributed by atoms with Gasteiger partial charge in [-0.1, -0.05) is 26.2 Å². The highest BCUT2D eigenvalue weighted by Crippen LogP contribution is 2.01. The molecule has 0 aliphatic rings. The normalized spacial score (nSPS) is 10.1. The first-order chi connectivity index (χ1) is 6.81. The predicted octanol–water partition coefficient (Wildman–Crippen LogP) is 1.81. The van der Waals surface area contributed by atoms with Gasteiger partial charge in [0.1, 0.15) is 0 Å². The highest BCUT2D eigenvalue weighted by Gasteiger charge is 1.99. The van der Waals surface area contributed by atoms with E-state index in [1.54, 1.807) is 0 Å². The van der Waals surface area contributed by atoms with Gasteiger partial charge in [-0.3, -0.25) is 4.79 Å². The van der Waals surface area contributed by atoms with Gasteiger partial charge in [0.15, 0.2) is 0 Å². The Morgan fingerprint density at radius 3 is 2.50 bits per heavy atom. The molecule has 0 heterocycles. The molecule has 0 aromatic carbocycles. The Kier molecular flexibility index (Phi) is 10.1. The zero-order chi connectivity index (χ0) is 10.6. The van der Waals surface area contributed by atoms with Gasteiger partial charge < -0.3 is 11.1 Å². The minimum Gasteiger partial charge on any atom is -0.356 e. The number of carbonyl (C=O) groups excluding carboxylic acids is 1. The van der Waals surface area contributed by atoms with E-state index >= 15 is 0 Å². The summed E-state index contributed by atoms with van der Waals surface area (Å²) < 4.78 is 0. The number of nitrogens with two attached hydrogens (primary N) is 1. The van der Waals surface area contributed by atoms with Gasteiger partial charge in [0, 0.05) is 13.0 Å². The van der Waals surface area contributed by atoms with Crippen LogP contribution in [0, 0.1) is 0 Å². The number of hydrogen-bond donors (Lipinski definition) is 2. The van der Waals surface area contributed by atoms with Gasteiger partial charge in [0.2, 0.25) is 5.91 Å². The summed E-state index contributed by atoms with van der Waals surface area (Å²) in [5, 5.41) is 2.91. The van der Waals surface area contributed by atoms with Crippen LogP contribution in [0.5, 0.6) is 0 Å². The Morgan fingerprint density at radius 2 is 1.86 bits per heavy atom. The van der Waals surface area contributed by atoms with E-state index in [0.717, 1.165) is 51.6 Å². The standard InChI is InChI=1S/C11H24N2O/c1-2-3-10-13-11(14)8-6-4-5-7-9-12/h2-10,12H2,1H3,(H,13,14). The van der Waals surface area contributed by atoms with Crippen molar-refractivity contribution >= 4 is 5.91 Å². The van der Waals surface area contributed by atoms with Crippen molar-refractivity contribution in [1.82, 2.24) is 5.32 Å². The molecule has 0 aliphatic heterocycles. The van der Waals surface area contributed by atoms with Crippen molar-refractivity contribution < 1.29 is 4.79 Å². The average molecular weight is 200 g/mol. The van der Waals surface area contributed by atoms with Crippen LogP contribution in [-0.4, -0.2) is 19.0 Å². The van der Waals surface area contributed by atoms with E-state index in [1.165, 1.54) is 0 Å². The second-order valence-electron chi connectivity index (χ2n) is 3.66. The van der Waals surface area contributed by atoms with Crippen molar-refractivity contribution in [2.45, 2.75) is 51.9 Å². The Labute approximate surface area is 87.4 Å². The summed E-state index contributed by atoms with van der Waals surface area (Å²) in [7, 11) is 0. The van der Waals surface area contributed by atoms with Crippen LogP contribution in [0.4, 0.5) is 0 Å². The molecule has 3 nitrogen and oxygen atoms in total. The van der Waals surface area contributed by atoms with E-state index in [0.29, 0.717) is 6.42 Å². The van der Waals surface area contributed by atoms with Crippen LogP contribution in [0.3, 0.4) is 0 Å². The molecular weight excluding hydrogens is 176 g/mol. The Morgan fingerprint density at radius 1 is 1.14 bits per heavy atom. The third-order valence-corrected chi connectivity index (χ3v) is 2.21. The molecule has 0 atom stereocenters. The van der Waals surface area contributed by atoms with E-state index in [9.17, 15) is 4.79 Å². The SMILES string of the molecule is CCCCNC(=O)CCCCCCN. The van der Waals surface area contributed by atoms with Crippen molar-refractivity contribution in [3.05, 3.63) is 0 Å². The maximum absolute atomic E-state index is 11.2. The van der Waals surface area contributed by atoms with Gasteiger partial charge in [-0.2, -0.15) is 0 Å². The monoisotopic (exact) mass is 200 g/mol. The summed E-state index contributed by atoms with van der Waals surface area (Å²) in [6, 6.07) is 0. The molecule has 0 rings (SSSR count). The number of rotatable bonds is 9. The van der Waals surface area contributed by atoms with E-state index in [-0.39, 0.29) is 5.91 Å². The summed E-state index contributed by atoms with van der Waals surface area (Å²) in [6.45, 7) is 3.72. The van der Waals surface area contributed by atoms with Crippen molar-refractivity contribution in [2.75, 3.05) is 13.1 Å². The molecule has 0 unspecified atom stereocenters. The molecule has 0 bridgehead atoms. The maximum atomic E-state index is 11.2. The van der Waals surface area contributed by atoms with Gasteiger partial charge in [-0.25, -0.2) is 0 Å². The molecule has 0 radical (unpaired) electrons. The van der Waals surface area contributed by atoms with Crippen LogP contribution in [0.25, 0.3) is 0 Å². The smallest absolute Gasteiger partial charge is 0.219 e. The van der Waals surface area contributed by atoms with Gasteiger partial charge in [0.25, 0.3) is 0 Å². The topological polar surface area (TPSA) is 55.1 Å².